The van der Waals surface area contributed by atoms with Gasteiger partial charge in [-0.1, -0.05) is 29.5 Å². The third-order valence-electron chi connectivity index (χ3n) is 6.04. The Hall–Kier alpha value is -2.79. The minimum absolute atomic E-state index is 0.319. The number of anilines is 1. The molecule has 0 saturated carbocycles. The molecule has 34 heavy (non-hydrogen) atoms. The summed E-state index contributed by atoms with van der Waals surface area (Å²) in [5.74, 6) is -1.19. The molecule has 0 atom stereocenters. The Balaban J connectivity index is 1.41. The summed E-state index contributed by atoms with van der Waals surface area (Å²) in [6.45, 7) is 3.69. The van der Waals surface area contributed by atoms with Gasteiger partial charge in [0.1, 0.15) is 6.54 Å². The average molecular weight is 497 g/mol. The van der Waals surface area contributed by atoms with E-state index in [1.54, 1.807) is 40.9 Å². The van der Waals surface area contributed by atoms with Gasteiger partial charge < -0.3 is 4.74 Å². The molecule has 10 heteroatoms. The smallest absolute Gasteiger partial charge is 0.262 e. The van der Waals surface area contributed by atoms with Crippen molar-refractivity contribution >= 4 is 56.2 Å². The Morgan fingerprint density at radius 2 is 1.79 bits per heavy atom. The molecule has 3 amide bonds. The average Bonchev–Trinajstić information content (AvgIpc) is 3.40. The van der Waals surface area contributed by atoms with Crippen molar-refractivity contribution in [3.8, 4) is 0 Å². The van der Waals surface area contributed by atoms with Crippen LogP contribution in [0.15, 0.2) is 47.4 Å². The van der Waals surface area contributed by atoms with E-state index >= 15 is 0 Å². The molecule has 0 spiro atoms. The van der Waals surface area contributed by atoms with Gasteiger partial charge in [0.2, 0.25) is 5.91 Å². The van der Waals surface area contributed by atoms with Crippen LogP contribution in [-0.2, 0) is 9.53 Å². The third kappa shape index (κ3) is 4.34. The van der Waals surface area contributed by atoms with Crippen LogP contribution < -0.4 is 4.90 Å². The van der Waals surface area contributed by atoms with Gasteiger partial charge in [0, 0.05) is 31.1 Å². The Morgan fingerprint density at radius 1 is 1.09 bits per heavy atom. The van der Waals surface area contributed by atoms with Gasteiger partial charge in [-0.15, -0.1) is 11.8 Å². The van der Waals surface area contributed by atoms with Gasteiger partial charge >= 0.3 is 0 Å². The van der Waals surface area contributed by atoms with Crippen LogP contribution in [0, 0.1) is 0 Å². The highest BCUT2D eigenvalue weighted by Crippen LogP contribution is 2.34. The fraction of sp³-hybridized carbons (Fsp3) is 0.333. The molecule has 3 heterocycles. The number of hydrogen-bond acceptors (Lipinski definition) is 8. The summed E-state index contributed by atoms with van der Waals surface area (Å²) in [7, 11) is 0. The number of carbonyl (C=O) groups excluding carboxylic acids is 3. The number of benzene rings is 2. The van der Waals surface area contributed by atoms with Crippen molar-refractivity contribution in [3.63, 3.8) is 0 Å². The number of hydrogen-bond donors (Lipinski definition) is 0. The fourth-order valence-electron chi connectivity index (χ4n) is 4.19. The molecule has 3 aromatic rings. The van der Waals surface area contributed by atoms with E-state index in [-0.39, 0.29) is 12.5 Å². The second-order valence-corrected chi connectivity index (χ2v) is 9.90. The van der Waals surface area contributed by atoms with E-state index in [9.17, 15) is 14.4 Å². The van der Waals surface area contributed by atoms with E-state index in [2.05, 4.69) is 4.90 Å². The van der Waals surface area contributed by atoms with Gasteiger partial charge in [0.25, 0.3) is 11.8 Å². The molecule has 8 nitrogen and oxygen atoms in total. The van der Waals surface area contributed by atoms with E-state index in [1.807, 2.05) is 24.5 Å². The SMILES string of the molecule is CSc1cccc2sc(N(CCN3CCOCC3)C(=O)CN3C(=O)c4ccccc4C3=O)nc12. The van der Waals surface area contributed by atoms with Crippen LogP contribution in [0.4, 0.5) is 5.13 Å². The molecule has 5 rings (SSSR count). The number of thiazole rings is 1. The van der Waals surface area contributed by atoms with Crippen molar-refractivity contribution < 1.29 is 19.1 Å². The molecule has 0 aliphatic carbocycles. The largest absolute Gasteiger partial charge is 0.379 e. The summed E-state index contributed by atoms with van der Waals surface area (Å²) in [5.41, 5.74) is 1.54. The summed E-state index contributed by atoms with van der Waals surface area (Å²) in [5, 5.41) is 0.575. The van der Waals surface area contributed by atoms with Crippen molar-refractivity contribution in [1.29, 1.82) is 0 Å². The number of nitrogens with zero attached hydrogens (tertiary/aromatic N) is 4. The van der Waals surface area contributed by atoms with Gasteiger partial charge in [-0.3, -0.25) is 29.1 Å². The van der Waals surface area contributed by atoms with Crippen LogP contribution in [0.1, 0.15) is 20.7 Å². The topological polar surface area (TPSA) is 83.0 Å². The van der Waals surface area contributed by atoms with Gasteiger partial charge in [0.15, 0.2) is 5.13 Å². The highest BCUT2D eigenvalue weighted by molar-refractivity contribution is 7.98. The molecule has 1 saturated heterocycles. The number of aromatic nitrogens is 1. The number of fused-ring (bicyclic) bond motifs is 2. The summed E-state index contributed by atoms with van der Waals surface area (Å²) < 4.78 is 6.42. The number of morpholine rings is 1. The maximum atomic E-state index is 13.5. The minimum atomic E-state index is -0.434. The number of amides is 3. The molecule has 2 aromatic carbocycles. The predicted octanol–water partition coefficient (Wildman–Crippen LogP) is 2.98. The molecule has 1 aromatic heterocycles. The molecule has 1 fully saturated rings. The molecule has 0 N–H and O–H groups in total. The standard InChI is InChI=1S/C24H24N4O4S2/c1-33-18-7-4-8-19-21(18)25-24(34-19)27(10-9-26-11-13-32-14-12-26)20(29)15-28-22(30)16-5-2-3-6-17(16)23(28)31/h2-8H,9-15H2,1H3. The number of ether oxygens (including phenoxy) is 1. The molecule has 0 radical (unpaired) electrons. The van der Waals surface area contributed by atoms with Crippen molar-refractivity contribution in [1.82, 2.24) is 14.8 Å². The highest BCUT2D eigenvalue weighted by atomic mass is 32.2. The quantitative estimate of drug-likeness (QED) is 0.367. The molecule has 2 aliphatic heterocycles. The van der Waals surface area contributed by atoms with Crippen LogP contribution in [0.25, 0.3) is 10.2 Å². The normalized spacial score (nSPS) is 16.3. The lowest BCUT2D eigenvalue weighted by Crippen LogP contribution is -2.47. The maximum Gasteiger partial charge on any atom is 0.262 e. The van der Waals surface area contributed by atoms with Crippen LogP contribution >= 0.6 is 23.1 Å². The van der Waals surface area contributed by atoms with Crippen molar-refractivity contribution in [2.75, 3.05) is 57.1 Å². The molecule has 176 valence electrons. The van der Waals surface area contributed by atoms with Gasteiger partial charge in [-0.25, -0.2) is 4.98 Å². The molecule has 0 unspecified atom stereocenters. The summed E-state index contributed by atoms with van der Waals surface area (Å²) >= 11 is 3.05. The Kier molecular flexibility index (Phi) is 6.64. The molecular weight excluding hydrogens is 472 g/mol. The highest BCUT2D eigenvalue weighted by Gasteiger charge is 2.37. The van der Waals surface area contributed by atoms with Crippen molar-refractivity contribution in [3.05, 3.63) is 53.6 Å². The number of carbonyl (C=O) groups is 3. The van der Waals surface area contributed by atoms with E-state index in [4.69, 9.17) is 9.72 Å². The van der Waals surface area contributed by atoms with Crippen LogP contribution in [-0.4, -0.2) is 84.7 Å². The lowest BCUT2D eigenvalue weighted by Gasteiger charge is -2.29. The number of thioether (sulfide) groups is 1. The number of imide groups is 1. The molecule has 2 aliphatic rings. The zero-order valence-electron chi connectivity index (χ0n) is 18.7. The maximum absolute atomic E-state index is 13.5. The lowest BCUT2D eigenvalue weighted by atomic mass is 10.1. The van der Waals surface area contributed by atoms with Crippen molar-refractivity contribution in [2.24, 2.45) is 0 Å². The second-order valence-electron chi connectivity index (χ2n) is 8.04. The van der Waals surface area contributed by atoms with E-state index in [1.165, 1.54) is 11.3 Å². The van der Waals surface area contributed by atoms with Gasteiger partial charge in [0.05, 0.1) is 34.6 Å². The number of rotatable bonds is 7. The number of para-hydroxylation sites is 1. The van der Waals surface area contributed by atoms with E-state index < -0.39 is 11.8 Å². The van der Waals surface area contributed by atoms with Crippen LogP contribution in [0.5, 0.6) is 0 Å². The van der Waals surface area contributed by atoms with E-state index in [0.29, 0.717) is 42.6 Å². The second kappa shape index (κ2) is 9.83. The Labute approximate surface area is 205 Å². The minimum Gasteiger partial charge on any atom is -0.379 e. The van der Waals surface area contributed by atoms with Gasteiger partial charge in [-0.2, -0.15) is 0 Å². The third-order valence-corrected chi connectivity index (χ3v) is 7.85. The molecule has 0 bridgehead atoms. The summed E-state index contributed by atoms with van der Waals surface area (Å²) in [4.78, 5) is 49.9. The van der Waals surface area contributed by atoms with Gasteiger partial charge in [-0.05, 0) is 30.5 Å². The monoisotopic (exact) mass is 496 g/mol. The summed E-state index contributed by atoms with van der Waals surface area (Å²) in [6, 6.07) is 12.7. The van der Waals surface area contributed by atoms with Crippen molar-refractivity contribution in [2.45, 2.75) is 4.90 Å². The zero-order chi connectivity index (χ0) is 23.7. The molecular formula is C24H24N4O4S2. The first-order chi connectivity index (χ1) is 16.6. The first-order valence-corrected chi connectivity index (χ1v) is 13.1. The first kappa shape index (κ1) is 23.0. The van der Waals surface area contributed by atoms with Crippen LogP contribution in [0.2, 0.25) is 0 Å². The first-order valence-electron chi connectivity index (χ1n) is 11.1. The zero-order valence-corrected chi connectivity index (χ0v) is 20.4. The fourth-order valence-corrected chi connectivity index (χ4v) is 5.85. The lowest BCUT2D eigenvalue weighted by molar-refractivity contribution is -0.119. The summed E-state index contributed by atoms with van der Waals surface area (Å²) in [6.07, 6.45) is 2.00. The van der Waals surface area contributed by atoms with Crippen LogP contribution in [0.3, 0.4) is 0 Å². The van der Waals surface area contributed by atoms with E-state index in [0.717, 1.165) is 33.1 Å². The predicted molar refractivity (Wildman–Crippen MR) is 133 cm³/mol. The Bertz CT molecular complexity index is 1220. The Morgan fingerprint density at radius 3 is 2.47 bits per heavy atom.